The minimum absolute atomic E-state index is 0.0637. The van der Waals surface area contributed by atoms with Crippen molar-refractivity contribution >= 4 is 5.69 Å². The third kappa shape index (κ3) is 3.43. The van der Waals surface area contributed by atoms with Gasteiger partial charge in [-0.1, -0.05) is 12.1 Å². The first kappa shape index (κ1) is 14.1. The van der Waals surface area contributed by atoms with Crippen LogP contribution in [0.4, 0.5) is 5.69 Å². The standard InChI is InChI=1S/C16H21N3O2/c1-16(2)20-11-14(21-16)10-19-7-6-18-15(19)9-12-4-3-5-13(17)8-12/h3-8,14H,9-11,17H2,1-2H3. The van der Waals surface area contributed by atoms with Gasteiger partial charge in [0.2, 0.25) is 0 Å². The fraction of sp³-hybridized carbons (Fsp3) is 0.438. The van der Waals surface area contributed by atoms with E-state index < -0.39 is 5.79 Å². The average molecular weight is 287 g/mol. The van der Waals surface area contributed by atoms with E-state index in [1.807, 2.05) is 44.4 Å². The molecule has 112 valence electrons. The van der Waals surface area contributed by atoms with E-state index >= 15 is 0 Å². The Hall–Kier alpha value is -1.85. The number of hydrogen-bond acceptors (Lipinski definition) is 4. The molecule has 1 unspecified atom stereocenters. The number of ether oxygens (including phenoxy) is 2. The Morgan fingerprint density at radius 3 is 3.00 bits per heavy atom. The maximum atomic E-state index is 5.86. The third-order valence-electron chi connectivity index (χ3n) is 3.58. The monoisotopic (exact) mass is 287 g/mol. The minimum atomic E-state index is -0.487. The van der Waals surface area contributed by atoms with Gasteiger partial charge in [0.05, 0.1) is 13.2 Å². The number of imidazole rings is 1. The molecule has 1 saturated heterocycles. The van der Waals surface area contributed by atoms with Crippen molar-refractivity contribution < 1.29 is 9.47 Å². The summed E-state index contributed by atoms with van der Waals surface area (Å²) in [4.78, 5) is 4.45. The number of rotatable bonds is 4. The number of hydrogen-bond donors (Lipinski definition) is 1. The number of nitrogens with two attached hydrogens (primary N) is 1. The van der Waals surface area contributed by atoms with Crippen LogP contribution in [0.1, 0.15) is 25.2 Å². The molecule has 1 aliphatic rings. The van der Waals surface area contributed by atoms with Gasteiger partial charge < -0.3 is 19.8 Å². The van der Waals surface area contributed by atoms with E-state index in [0.717, 1.165) is 30.0 Å². The molecule has 1 aliphatic heterocycles. The molecule has 0 saturated carbocycles. The van der Waals surface area contributed by atoms with Crippen molar-refractivity contribution in [2.24, 2.45) is 0 Å². The van der Waals surface area contributed by atoms with Crippen LogP contribution in [0.25, 0.3) is 0 Å². The van der Waals surface area contributed by atoms with Crippen molar-refractivity contribution in [1.82, 2.24) is 9.55 Å². The van der Waals surface area contributed by atoms with Gasteiger partial charge in [-0.25, -0.2) is 4.98 Å². The molecule has 5 nitrogen and oxygen atoms in total. The van der Waals surface area contributed by atoms with E-state index in [1.165, 1.54) is 0 Å². The number of anilines is 1. The lowest BCUT2D eigenvalue weighted by Crippen LogP contribution is -2.24. The fourth-order valence-corrected chi connectivity index (χ4v) is 2.63. The number of nitrogen functional groups attached to an aromatic ring is 1. The van der Waals surface area contributed by atoms with Crippen molar-refractivity contribution in [3.63, 3.8) is 0 Å². The van der Waals surface area contributed by atoms with Crippen LogP contribution in [-0.2, 0) is 22.4 Å². The number of nitrogens with zero attached hydrogens (tertiary/aromatic N) is 2. The summed E-state index contributed by atoms with van der Waals surface area (Å²) in [6.07, 6.45) is 4.63. The van der Waals surface area contributed by atoms with E-state index in [2.05, 4.69) is 15.6 Å². The Labute approximate surface area is 124 Å². The Bertz CT molecular complexity index is 621. The number of benzene rings is 1. The smallest absolute Gasteiger partial charge is 0.163 e. The maximum absolute atomic E-state index is 5.86. The Morgan fingerprint density at radius 1 is 1.43 bits per heavy atom. The zero-order valence-electron chi connectivity index (χ0n) is 12.5. The normalized spacial score (nSPS) is 20.8. The summed E-state index contributed by atoms with van der Waals surface area (Å²) in [6, 6.07) is 7.90. The summed E-state index contributed by atoms with van der Waals surface area (Å²) in [6.45, 7) is 5.24. The topological polar surface area (TPSA) is 62.3 Å². The molecule has 1 aromatic heterocycles. The molecule has 0 spiro atoms. The van der Waals surface area contributed by atoms with Crippen LogP contribution in [0.2, 0.25) is 0 Å². The number of aromatic nitrogens is 2. The second-order valence-corrected chi connectivity index (χ2v) is 5.87. The SMILES string of the molecule is CC1(C)OCC(Cn2ccnc2Cc2cccc(N)c2)O1. The van der Waals surface area contributed by atoms with Gasteiger partial charge in [-0.2, -0.15) is 0 Å². The summed E-state index contributed by atoms with van der Waals surface area (Å²) in [5, 5.41) is 0. The van der Waals surface area contributed by atoms with Gasteiger partial charge in [-0.15, -0.1) is 0 Å². The molecule has 0 aliphatic carbocycles. The van der Waals surface area contributed by atoms with Crippen molar-refractivity contribution in [2.45, 2.75) is 38.7 Å². The summed E-state index contributed by atoms with van der Waals surface area (Å²) in [7, 11) is 0. The first-order valence-corrected chi connectivity index (χ1v) is 7.18. The van der Waals surface area contributed by atoms with E-state index in [9.17, 15) is 0 Å². The van der Waals surface area contributed by atoms with Gasteiger partial charge in [0, 0.05) is 24.5 Å². The zero-order chi connectivity index (χ0) is 14.9. The maximum Gasteiger partial charge on any atom is 0.163 e. The molecule has 2 aromatic rings. The predicted octanol–water partition coefficient (Wildman–Crippen LogP) is 2.21. The van der Waals surface area contributed by atoms with Gasteiger partial charge in [-0.05, 0) is 31.5 Å². The van der Waals surface area contributed by atoms with E-state index in [0.29, 0.717) is 6.61 Å². The molecular weight excluding hydrogens is 266 g/mol. The lowest BCUT2D eigenvalue weighted by molar-refractivity contribution is -0.139. The van der Waals surface area contributed by atoms with Crippen LogP contribution in [-0.4, -0.2) is 28.0 Å². The zero-order valence-corrected chi connectivity index (χ0v) is 12.5. The molecule has 2 N–H and O–H groups in total. The quantitative estimate of drug-likeness (QED) is 0.876. The summed E-state index contributed by atoms with van der Waals surface area (Å²) in [5.41, 5.74) is 7.76. The third-order valence-corrected chi connectivity index (χ3v) is 3.58. The van der Waals surface area contributed by atoms with Crippen LogP contribution in [0.3, 0.4) is 0 Å². The molecule has 1 aromatic carbocycles. The highest BCUT2D eigenvalue weighted by molar-refractivity contribution is 5.41. The largest absolute Gasteiger partial charge is 0.399 e. The van der Waals surface area contributed by atoms with Crippen LogP contribution < -0.4 is 5.73 Å². The summed E-state index contributed by atoms with van der Waals surface area (Å²) in [5.74, 6) is 0.521. The van der Waals surface area contributed by atoms with E-state index in [4.69, 9.17) is 15.2 Å². The van der Waals surface area contributed by atoms with Crippen LogP contribution in [0.15, 0.2) is 36.7 Å². The summed E-state index contributed by atoms with van der Waals surface area (Å²) >= 11 is 0. The molecular formula is C16H21N3O2. The predicted molar refractivity (Wildman–Crippen MR) is 80.8 cm³/mol. The highest BCUT2D eigenvalue weighted by atomic mass is 16.7. The van der Waals surface area contributed by atoms with E-state index in [1.54, 1.807) is 0 Å². The van der Waals surface area contributed by atoms with Crippen LogP contribution >= 0.6 is 0 Å². The van der Waals surface area contributed by atoms with Crippen molar-refractivity contribution in [3.8, 4) is 0 Å². The molecule has 3 rings (SSSR count). The highest BCUT2D eigenvalue weighted by Crippen LogP contribution is 2.23. The van der Waals surface area contributed by atoms with Gasteiger partial charge >= 0.3 is 0 Å². The van der Waals surface area contributed by atoms with Gasteiger partial charge in [0.1, 0.15) is 11.9 Å². The van der Waals surface area contributed by atoms with Gasteiger partial charge in [0.15, 0.2) is 5.79 Å². The Balaban J connectivity index is 1.70. The molecule has 1 atom stereocenters. The van der Waals surface area contributed by atoms with Gasteiger partial charge in [-0.3, -0.25) is 0 Å². The summed E-state index contributed by atoms with van der Waals surface area (Å²) < 4.78 is 13.6. The Kier molecular flexibility index (Phi) is 3.69. The lowest BCUT2D eigenvalue weighted by Gasteiger charge is -2.18. The molecule has 0 bridgehead atoms. The molecule has 2 heterocycles. The first-order valence-electron chi connectivity index (χ1n) is 7.18. The average Bonchev–Trinajstić information content (AvgIpc) is 2.97. The fourth-order valence-electron chi connectivity index (χ4n) is 2.63. The van der Waals surface area contributed by atoms with Crippen molar-refractivity contribution in [2.75, 3.05) is 12.3 Å². The Morgan fingerprint density at radius 2 is 2.29 bits per heavy atom. The lowest BCUT2D eigenvalue weighted by atomic mass is 10.1. The highest BCUT2D eigenvalue weighted by Gasteiger charge is 2.32. The second-order valence-electron chi connectivity index (χ2n) is 5.87. The minimum Gasteiger partial charge on any atom is -0.399 e. The van der Waals surface area contributed by atoms with Crippen molar-refractivity contribution in [3.05, 3.63) is 48.0 Å². The first-order chi connectivity index (χ1) is 10.0. The molecule has 5 heteroatoms. The van der Waals surface area contributed by atoms with E-state index in [-0.39, 0.29) is 6.10 Å². The molecule has 1 fully saturated rings. The van der Waals surface area contributed by atoms with Crippen molar-refractivity contribution in [1.29, 1.82) is 0 Å². The van der Waals surface area contributed by atoms with Gasteiger partial charge in [0.25, 0.3) is 0 Å². The van der Waals surface area contributed by atoms with Crippen LogP contribution in [0, 0.1) is 0 Å². The second kappa shape index (κ2) is 5.50. The molecule has 21 heavy (non-hydrogen) atoms. The molecule has 0 radical (unpaired) electrons. The van der Waals surface area contributed by atoms with Crippen LogP contribution in [0.5, 0.6) is 0 Å². The molecule has 0 amide bonds.